The summed E-state index contributed by atoms with van der Waals surface area (Å²) < 4.78 is 43.9. The number of piperazine rings is 1. The molecule has 1 aromatic carbocycles. The molecule has 1 aliphatic rings. The number of aromatic nitrogens is 4. The smallest absolute Gasteiger partial charge is 0.309 e. The Labute approximate surface area is 260 Å². The van der Waals surface area contributed by atoms with E-state index in [0.717, 1.165) is 17.4 Å². The quantitative estimate of drug-likeness (QED) is 0.221. The van der Waals surface area contributed by atoms with Gasteiger partial charge in [0.25, 0.3) is 5.91 Å². The standard InChI is InChI=1S/C29H33F2N9O4S/c1-36(2)6-5-33-25(41)17-44-24-16-21(18(30)14-19(24)31)38-10-7-37(8-11-38)9-12-39-27-26(45-29(39)42)22-15-20(23-4-3-13-43-23)35-40(22)28(32)34-27/h3-4,13-16H,5-12,17H2,1-2H3,(H2,32,34)(H,33,41). The van der Waals surface area contributed by atoms with Crippen LogP contribution in [0.3, 0.4) is 0 Å². The zero-order chi connectivity index (χ0) is 31.7. The molecule has 6 rings (SSSR count). The van der Waals surface area contributed by atoms with Crippen molar-refractivity contribution in [3.8, 4) is 17.2 Å². The normalized spacial score (nSPS) is 14.2. The van der Waals surface area contributed by atoms with Crippen LogP contribution in [0.25, 0.3) is 27.3 Å². The molecule has 0 atom stereocenters. The number of carbonyl (C=O) groups is 1. The fourth-order valence-electron chi connectivity index (χ4n) is 5.23. The van der Waals surface area contributed by atoms with E-state index in [4.69, 9.17) is 14.9 Å². The number of carbonyl (C=O) groups excluding carboxylic acids is 1. The number of ether oxygens (including phenoxy) is 1. The first-order valence-corrected chi connectivity index (χ1v) is 15.2. The van der Waals surface area contributed by atoms with E-state index in [1.807, 2.05) is 30.0 Å². The molecule has 45 heavy (non-hydrogen) atoms. The fraction of sp³-hybridized carbons (Fsp3) is 0.379. The Morgan fingerprint density at radius 3 is 2.69 bits per heavy atom. The van der Waals surface area contributed by atoms with E-state index in [9.17, 15) is 18.4 Å². The summed E-state index contributed by atoms with van der Waals surface area (Å²) in [4.78, 5) is 35.3. The Balaban J connectivity index is 1.09. The summed E-state index contributed by atoms with van der Waals surface area (Å²) in [6.07, 6.45) is 1.56. The second kappa shape index (κ2) is 12.8. The average molecular weight is 642 g/mol. The van der Waals surface area contributed by atoms with Crippen LogP contribution in [-0.4, -0.2) is 101 Å². The molecule has 1 saturated heterocycles. The number of halogens is 2. The van der Waals surface area contributed by atoms with Crippen LogP contribution in [0, 0.1) is 11.6 Å². The van der Waals surface area contributed by atoms with E-state index in [-0.39, 0.29) is 34.8 Å². The van der Waals surface area contributed by atoms with Gasteiger partial charge in [0.1, 0.15) is 16.2 Å². The van der Waals surface area contributed by atoms with Gasteiger partial charge in [-0.25, -0.2) is 8.78 Å². The van der Waals surface area contributed by atoms with Crippen LogP contribution >= 0.6 is 11.3 Å². The Hall–Kier alpha value is -4.54. The van der Waals surface area contributed by atoms with Crippen molar-refractivity contribution >= 4 is 44.7 Å². The Kier molecular flexibility index (Phi) is 8.69. The number of thiazole rings is 1. The van der Waals surface area contributed by atoms with Crippen LogP contribution < -0.4 is 25.6 Å². The van der Waals surface area contributed by atoms with Gasteiger partial charge in [-0.1, -0.05) is 11.3 Å². The average Bonchev–Trinajstić information content (AvgIpc) is 3.75. The van der Waals surface area contributed by atoms with Gasteiger partial charge in [-0.05, 0) is 32.3 Å². The molecular formula is C29H33F2N9O4S. The summed E-state index contributed by atoms with van der Waals surface area (Å²) in [7, 11) is 3.77. The van der Waals surface area contributed by atoms with Gasteiger partial charge in [0, 0.05) is 64.5 Å². The molecule has 16 heteroatoms. The number of furan rings is 1. The summed E-state index contributed by atoms with van der Waals surface area (Å²) in [6, 6.07) is 7.47. The first-order chi connectivity index (χ1) is 21.7. The van der Waals surface area contributed by atoms with Crippen LogP contribution in [0.2, 0.25) is 0 Å². The molecular weight excluding hydrogens is 608 g/mol. The number of fused-ring (bicyclic) bond motifs is 3. The minimum Gasteiger partial charge on any atom is -0.481 e. The van der Waals surface area contributed by atoms with Crippen LogP contribution in [0.15, 0.2) is 45.8 Å². The van der Waals surface area contributed by atoms with Gasteiger partial charge in [0.2, 0.25) is 5.95 Å². The number of anilines is 2. The maximum Gasteiger partial charge on any atom is 0.309 e. The third-order valence-electron chi connectivity index (χ3n) is 7.62. The largest absolute Gasteiger partial charge is 0.481 e. The molecule has 1 amide bonds. The molecule has 1 fully saturated rings. The number of rotatable bonds is 11. The van der Waals surface area contributed by atoms with Gasteiger partial charge in [-0.3, -0.25) is 19.1 Å². The molecule has 0 spiro atoms. The second-order valence-electron chi connectivity index (χ2n) is 11.0. The minimum absolute atomic E-state index is 0.156. The molecule has 0 aliphatic carbocycles. The molecule has 1 aliphatic heterocycles. The number of hydrogen-bond acceptors (Lipinski definition) is 11. The van der Waals surface area contributed by atoms with Gasteiger partial charge in [0.15, 0.2) is 29.6 Å². The van der Waals surface area contributed by atoms with Crippen molar-refractivity contribution in [3.05, 3.63) is 57.9 Å². The predicted octanol–water partition coefficient (Wildman–Crippen LogP) is 2.10. The first kappa shape index (κ1) is 30.5. The number of nitrogens with two attached hydrogens (primary N) is 1. The van der Waals surface area contributed by atoms with Crippen LogP contribution in [-0.2, 0) is 11.3 Å². The number of likely N-dealkylation sites (N-methyl/N-ethyl adjacent to an activating group) is 1. The van der Waals surface area contributed by atoms with E-state index in [1.165, 1.54) is 10.6 Å². The molecule has 5 aromatic rings. The molecule has 0 saturated carbocycles. The maximum atomic E-state index is 14.8. The lowest BCUT2D eigenvalue weighted by Gasteiger charge is -2.36. The first-order valence-electron chi connectivity index (χ1n) is 14.4. The Morgan fingerprint density at radius 1 is 1.16 bits per heavy atom. The van der Waals surface area contributed by atoms with Crippen molar-refractivity contribution in [2.75, 3.05) is 77.1 Å². The van der Waals surface area contributed by atoms with E-state index >= 15 is 0 Å². The molecule has 0 unspecified atom stereocenters. The van der Waals surface area contributed by atoms with E-state index in [2.05, 4.69) is 20.3 Å². The molecule has 0 radical (unpaired) electrons. The third kappa shape index (κ3) is 6.48. The SMILES string of the molecule is CN(C)CCNC(=O)COc1cc(N2CCN(CCn3c(=O)sc4c3nc(N)n3nc(-c5ccco5)cc43)CC2)c(F)cc1F. The number of hydrogen-bond donors (Lipinski definition) is 2. The van der Waals surface area contributed by atoms with Gasteiger partial charge in [-0.2, -0.15) is 14.6 Å². The lowest BCUT2D eigenvalue weighted by molar-refractivity contribution is -0.123. The zero-order valence-electron chi connectivity index (χ0n) is 24.8. The Morgan fingerprint density at radius 2 is 1.96 bits per heavy atom. The highest BCUT2D eigenvalue weighted by Gasteiger charge is 2.23. The van der Waals surface area contributed by atoms with Crippen molar-refractivity contribution in [3.63, 3.8) is 0 Å². The fourth-order valence-corrected chi connectivity index (χ4v) is 6.19. The second-order valence-corrected chi connectivity index (χ2v) is 11.9. The topological polar surface area (TPSA) is 139 Å². The van der Waals surface area contributed by atoms with Crippen LogP contribution in [0.5, 0.6) is 5.75 Å². The Bertz CT molecular complexity index is 1880. The molecule has 4 aromatic heterocycles. The van der Waals surface area contributed by atoms with Crippen molar-refractivity contribution in [2.24, 2.45) is 0 Å². The van der Waals surface area contributed by atoms with Crippen molar-refractivity contribution in [2.45, 2.75) is 6.54 Å². The monoisotopic (exact) mass is 641 g/mol. The number of nitrogens with one attached hydrogen (secondary N) is 1. The number of nitrogen functional groups attached to an aromatic ring is 1. The van der Waals surface area contributed by atoms with E-state index in [0.29, 0.717) is 79.7 Å². The predicted molar refractivity (Wildman–Crippen MR) is 167 cm³/mol. The summed E-state index contributed by atoms with van der Waals surface area (Å²) in [5, 5.41) is 7.18. The summed E-state index contributed by atoms with van der Waals surface area (Å²) in [6.45, 7) is 3.79. The van der Waals surface area contributed by atoms with Gasteiger partial charge in [-0.15, -0.1) is 0 Å². The highest BCUT2D eigenvalue weighted by atomic mass is 32.1. The lowest BCUT2D eigenvalue weighted by atomic mass is 10.2. The summed E-state index contributed by atoms with van der Waals surface area (Å²) >= 11 is 1.09. The van der Waals surface area contributed by atoms with Crippen molar-refractivity contribution in [1.82, 2.24) is 34.3 Å². The van der Waals surface area contributed by atoms with E-state index < -0.39 is 11.6 Å². The van der Waals surface area contributed by atoms with Gasteiger partial charge in [0.05, 0.1) is 17.5 Å². The number of nitrogens with zero attached hydrogens (tertiary/aromatic N) is 7. The third-order valence-corrected chi connectivity index (χ3v) is 8.61. The molecule has 0 bridgehead atoms. The van der Waals surface area contributed by atoms with Crippen LogP contribution in [0.1, 0.15) is 0 Å². The van der Waals surface area contributed by atoms with Crippen molar-refractivity contribution < 1.29 is 22.7 Å². The molecule has 238 valence electrons. The maximum absolute atomic E-state index is 14.8. The van der Waals surface area contributed by atoms with Gasteiger partial charge < -0.3 is 30.0 Å². The minimum atomic E-state index is -0.871. The molecule has 3 N–H and O–H groups in total. The summed E-state index contributed by atoms with van der Waals surface area (Å²) in [5.74, 6) is -1.41. The van der Waals surface area contributed by atoms with Crippen molar-refractivity contribution in [1.29, 1.82) is 0 Å². The van der Waals surface area contributed by atoms with Gasteiger partial charge >= 0.3 is 4.87 Å². The van der Waals surface area contributed by atoms with Crippen LogP contribution in [0.4, 0.5) is 20.4 Å². The zero-order valence-corrected chi connectivity index (χ0v) is 25.6. The number of amides is 1. The highest BCUT2D eigenvalue weighted by Crippen LogP contribution is 2.30. The lowest BCUT2D eigenvalue weighted by Crippen LogP contribution is -2.47. The molecule has 5 heterocycles. The highest BCUT2D eigenvalue weighted by molar-refractivity contribution is 7.17. The van der Waals surface area contributed by atoms with E-state index in [1.54, 1.807) is 23.0 Å². The molecule has 13 nitrogen and oxygen atoms in total. The number of benzene rings is 1. The summed E-state index contributed by atoms with van der Waals surface area (Å²) in [5.41, 5.74) is 8.18.